The second-order valence-electron chi connectivity index (χ2n) is 5.24. The van der Waals surface area contributed by atoms with Crippen molar-refractivity contribution >= 4 is 34.4 Å². The number of nitrogens with one attached hydrogen (secondary N) is 1. The molecule has 4 rings (SSSR count). The topological polar surface area (TPSA) is 24.4 Å². The number of aryl methyl sites for hydroxylation is 1. The summed E-state index contributed by atoms with van der Waals surface area (Å²) in [5, 5.41) is 6.15. The molecular weight excluding hydrogens is 284 g/mol. The van der Waals surface area contributed by atoms with Gasteiger partial charge in [-0.25, -0.2) is 4.99 Å². The third-order valence-electron chi connectivity index (χ3n) is 4.12. The Bertz CT molecular complexity index is 688. The molecule has 1 N–H and O–H groups in total. The van der Waals surface area contributed by atoms with E-state index >= 15 is 0 Å². The standard InChI is InChI=1S/C16H14N2S2/c19-16-17-14-11-5-2-1-4-10(11)7-8-12(14)15(18-16)13-6-3-9-20-13/h1-6,9,12,15H,7-8H2,(H,18,19). The van der Waals surface area contributed by atoms with Gasteiger partial charge in [-0.3, -0.25) is 0 Å². The Hall–Kier alpha value is -1.52. The normalized spacial score (nSPS) is 24.4. The molecule has 20 heavy (non-hydrogen) atoms. The molecule has 1 aromatic carbocycles. The lowest BCUT2D eigenvalue weighted by Crippen LogP contribution is -2.42. The van der Waals surface area contributed by atoms with Gasteiger partial charge in [-0.15, -0.1) is 11.3 Å². The molecule has 2 unspecified atom stereocenters. The Balaban J connectivity index is 1.82. The van der Waals surface area contributed by atoms with Crippen LogP contribution in [-0.2, 0) is 6.42 Å². The Kier molecular flexibility index (Phi) is 2.93. The quantitative estimate of drug-likeness (QED) is 0.811. The van der Waals surface area contributed by atoms with E-state index in [0.717, 1.165) is 12.8 Å². The molecule has 0 saturated heterocycles. The smallest absolute Gasteiger partial charge is 0.193 e. The summed E-state index contributed by atoms with van der Waals surface area (Å²) in [6.07, 6.45) is 2.25. The number of hydrogen-bond acceptors (Lipinski definition) is 2. The number of rotatable bonds is 1. The minimum atomic E-state index is 0.281. The van der Waals surface area contributed by atoms with Crippen molar-refractivity contribution in [1.82, 2.24) is 5.32 Å². The first-order chi connectivity index (χ1) is 9.83. The molecule has 1 aromatic heterocycles. The van der Waals surface area contributed by atoms with Gasteiger partial charge < -0.3 is 5.32 Å². The van der Waals surface area contributed by atoms with E-state index in [1.165, 1.54) is 21.7 Å². The first-order valence-corrected chi connectivity index (χ1v) is 8.12. The van der Waals surface area contributed by atoms with E-state index in [1.807, 2.05) is 0 Å². The Morgan fingerprint density at radius 3 is 2.95 bits per heavy atom. The van der Waals surface area contributed by atoms with Crippen molar-refractivity contribution < 1.29 is 0 Å². The summed E-state index contributed by atoms with van der Waals surface area (Å²) < 4.78 is 0. The van der Waals surface area contributed by atoms with E-state index in [-0.39, 0.29) is 6.04 Å². The molecule has 2 aromatic rings. The molecule has 1 aliphatic heterocycles. The molecule has 2 atom stereocenters. The molecular formula is C16H14N2S2. The molecule has 0 amide bonds. The van der Waals surface area contributed by atoms with Crippen LogP contribution in [0.2, 0.25) is 0 Å². The summed E-state index contributed by atoms with van der Waals surface area (Å²) in [5.74, 6) is 0.426. The van der Waals surface area contributed by atoms with Gasteiger partial charge in [0, 0.05) is 10.8 Å². The molecule has 0 saturated carbocycles. The second kappa shape index (κ2) is 4.79. The van der Waals surface area contributed by atoms with Crippen LogP contribution in [0.4, 0.5) is 0 Å². The number of thiocarbonyl (C=S) groups is 1. The monoisotopic (exact) mass is 298 g/mol. The van der Waals surface area contributed by atoms with Crippen LogP contribution >= 0.6 is 23.6 Å². The lowest BCUT2D eigenvalue weighted by molar-refractivity contribution is 0.466. The Labute approximate surface area is 127 Å². The molecule has 0 fully saturated rings. The van der Waals surface area contributed by atoms with E-state index in [4.69, 9.17) is 12.2 Å². The lowest BCUT2D eigenvalue weighted by Gasteiger charge is -2.36. The van der Waals surface area contributed by atoms with Crippen LogP contribution in [0.25, 0.3) is 0 Å². The van der Waals surface area contributed by atoms with E-state index in [1.54, 1.807) is 11.3 Å². The van der Waals surface area contributed by atoms with Crippen LogP contribution < -0.4 is 5.32 Å². The number of fused-ring (bicyclic) bond motifs is 3. The second-order valence-corrected chi connectivity index (χ2v) is 6.61. The molecule has 0 bridgehead atoms. The van der Waals surface area contributed by atoms with Crippen molar-refractivity contribution in [1.29, 1.82) is 0 Å². The minimum absolute atomic E-state index is 0.281. The van der Waals surface area contributed by atoms with Crippen molar-refractivity contribution in [3.05, 3.63) is 57.8 Å². The highest BCUT2D eigenvalue weighted by atomic mass is 32.1. The largest absolute Gasteiger partial charge is 0.353 e. The maximum absolute atomic E-state index is 5.36. The highest BCUT2D eigenvalue weighted by Crippen LogP contribution is 2.38. The van der Waals surface area contributed by atoms with Gasteiger partial charge in [0.05, 0.1) is 11.8 Å². The summed E-state index contributed by atoms with van der Waals surface area (Å²) in [7, 11) is 0. The maximum Gasteiger partial charge on any atom is 0.193 e. The zero-order chi connectivity index (χ0) is 13.5. The van der Waals surface area contributed by atoms with Crippen LogP contribution in [-0.4, -0.2) is 10.8 Å². The zero-order valence-electron chi connectivity index (χ0n) is 10.9. The maximum atomic E-state index is 5.36. The van der Waals surface area contributed by atoms with Crippen molar-refractivity contribution in [3.8, 4) is 0 Å². The fraction of sp³-hybridized carbons (Fsp3) is 0.250. The first-order valence-electron chi connectivity index (χ1n) is 6.84. The average Bonchev–Trinajstić information content (AvgIpc) is 3.00. The van der Waals surface area contributed by atoms with Gasteiger partial charge in [-0.2, -0.15) is 0 Å². The Morgan fingerprint density at radius 1 is 1.20 bits per heavy atom. The third kappa shape index (κ3) is 1.91. The number of benzene rings is 1. The molecule has 100 valence electrons. The van der Waals surface area contributed by atoms with Crippen molar-refractivity contribution in [3.63, 3.8) is 0 Å². The van der Waals surface area contributed by atoms with E-state index in [2.05, 4.69) is 52.1 Å². The average molecular weight is 298 g/mol. The first kappa shape index (κ1) is 12.2. The molecule has 2 heterocycles. The zero-order valence-corrected chi connectivity index (χ0v) is 12.5. The summed E-state index contributed by atoms with van der Waals surface area (Å²) in [6, 6.07) is 13.2. The number of hydrogen-bond donors (Lipinski definition) is 1. The number of nitrogens with zero attached hydrogens (tertiary/aromatic N) is 1. The van der Waals surface area contributed by atoms with Crippen LogP contribution in [0.1, 0.15) is 28.5 Å². The van der Waals surface area contributed by atoms with Crippen LogP contribution in [0, 0.1) is 5.92 Å². The molecule has 4 heteroatoms. The predicted molar refractivity (Wildman–Crippen MR) is 87.6 cm³/mol. The minimum Gasteiger partial charge on any atom is -0.353 e. The molecule has 2 aliphatic rings. The lowest BCUT2D eigenvalue weighted by atomic mass is 9.77. The van der Waals surface area contributed by atoms with Crippen LogP contribution in [0.3, 0.4) is 0 Å². The van der Waals surface area contributed by atoms with Crippen molar-refractivity contribution in [2.45, 2.75) is 18.9 Å². The molecule has 1 aliphatic carbocycles. The summed E-state index contributed by atoms with van der Waals surface area (Å²) >= 11 is 7.15. The van der Waals surface area contributed by atoms with E-state index in [9.17, 15) is 0 Å². The van der Waals surface area contributed by atoms with Gasteiger partial charge in [0.25, 0.3) is 0 Å². The Morgan fingerprint density at radius 2 is 2.10 bits per heavy atom. The van der Waals surface area contributed by atoms with Gasteiger partial charge in [-0.05, 0) is 47.6 Å². The molecule has 0 spiro atoms. The van der Waals surface area contributed by atoms with Gasteiger partial charge in [0.1, 0.15) is 0 Å². The molecule has 2 nitrogen and oxygen atoms in total. The summed E-state index contributed by atoms with van der Waals surface area (Å²) in [5.41, 5.74) is 3.86. The van der Waals surface area contributed by atoms with Gasteiger partial charge in [0.15, 0.2) is 5.11 Å². The van der Waals surface area contributed by atoms with Gasteiger partial charge >= 0.3 is 0 Å². The van der Waals surface area contributed by atoms with Crippen molar-refractivity contribution in [2.24, 2.45) is 10.9 Å². The molecule has 0 radical (unpaired) electrons. The fourth-order valence-electron chi connectivity index (χ4n) is 3.22. The van der Waals surface area contributed by atoms with Gasteiger partial charge in [0.2, 0.25) is 0 Å². The predicted octanol–water partition coefficient (Wildman–Crippen LogP) is 3.73. The van der Waals surface area contributed by atoms with Gasteiger partial charge in [-0.1, -0.05) is 30.3 Å². The number of aliphatic imine (C=N–C) groups is 1. The van der Waals surface area contributed by atoms with E-state index < -0.39 is 0 Å². The fourth-order valence-corrected chi connectivity index (χ4v) is 4.28. The highest BCUT2D eigenvalue weighted by molar-refractivity contribution is 7.80. The summed E-state index contributed by atoms with van der Waals surface area (Å²) in [6.45, 7) is 0. The van der Waals surface area contributed by atoms with Crippen LogP contribution in [0.15, 0.2) is 46.8 Å². The van der Waals surface area contributed by atoms with Crippen molar-refractivity contribution in [2.75, 3.05) is 0 Å². The number of thiophene rings is 1. The SMILES string of the molecule is S=C1N=C2c3ccccc3CCC2C(c2cccs2)N1. The third-order valence-corrected chi connectivity index (χ3v) is 5.29. The van der Waals surface area contributed by atoms with E-state index in [0.29, 0.717) is 11.0 Å². The highest BCUT2D eigenvalue weighted by Gasteiger charge is 2.36. The summed E-state index contributed by atoms with van der Waals surface area (Å²) in [4.78, 5) is 6.00. The van der Waals surface area contributed by atoms with Crippen LogP contribution in [0.5, 0.6) is 0 Å².